The van der Waals surface area contributed by atoms with E-state index in [1.165, 1.54) is 0 Å². The van der Waals surface area contributed by atoms with Crippen LogP contribution in [-0.4, -0.2) is 35.0 Å². The molecule has 3 rings (SSSR count). The number of carbonyl (C=O) groups is 1. The van der Waals surface area contributed by atoms with E-state index in [0.29, 0.717) is 23.3 Å². The van der Waals surface area contributed by atoms with Gasteiger partial charge in [-0.1, -0.05) is 42.5 Å². The molecule has 114 valence electrons. The molecule has 0 aliphatic carbocycles. The molecule has 2 heterocycles. The Morgan fingerprint density at radius 3 is 2.73 bits per heavy atom. The van der Waals surface area contributed by atoms with E-state index in [2.05, 4.69) is 4.98 Å². The molecule has 0 unspecified atom stereocenters. The molecular formula is C17H18N2O2S. The van der Waals surface area contributed by atoms with Crippen molar-refractivity contribution in [1.82, 2.24) is 9.88 Å². The van der Waals surface area contributed by atoms with E-state index in [0.717, 1.165) is 5.56 Å². The Kier molecular flexibility index (Phi) is 4.36. The minimum atomic E-state index is -0.102. The van der Waals surface area contributed by atoms with Gasteiger partial charge >= 0.3 is 0 Å². The predicted octanol–water partition coefficient (Wildman–Crippen LogP) is 3.35. The second-order valence-electron chi connectivity index (χ2n) is 5.47. The van der Waals surface area contributed by atoms with Crippen molar-refractivity contribution in [2.24, 2.45) is 0 Å². The fourth-order valence-corrected chi connectivity index (χ4v) is 2.95. The number of carbonyl (C=O) groups excluding carboxylic acids is 1. The van der Waals surface area contributed by atoms with E-state index in [4.69, 9.17) is 17.0 Å². The smallest absolute Gasteiger partial charge is 0.257 e. The lowest BCUT2D eigenvalue weighted by atomic mass is 10.1. The molecule has 1 aromatic carbocycles. The summed E-state index contributed by atoms with van der Waals surface area (Å²) in [5.74, 6) is -0.0436. The maximum Gasteiger partial charge on any atom is 0.257 e. The lowest BCUT2D eigenvalue weighted by molar-refractivity contribution is -0.0691. The van der Waals surface area contributed by atoms with Gasteiger partial charge in [0, 0.05) is 12.7 Å². The minimum absolute atomic E-state index is 0.0100. The van der Waals surface area contributed by atoms with Gasteiger partial charge in [-0.05, 0) is 24.6 Å². The fraction of sp³-hybridized carbons (Fsp3) is 0.294. The molecule has 1 aromatic heterocycles. The van der Waals surface area contributed by atoms with Crippen LogP contribution in [0, 0.1) is 4.64 Å². The van der Waals surface area contributed by atoms with Gasteiger partial charge in [0.15, 0.2) is 0 Å². The number of nitrogens with one attached hydrogen (secondary N) is 1. The quantitative estimate of drug-likeness (QED) is 0.865. The molecular weight excluding hydrogens is 296 g/mol. The van der Waals surface area contributed by atoms with Crippen molar-refractivity contribution in [2.75, 3.05) is 13.1 Å². The summed E-state index contributed by atoms with van der Waals surface area (Å²) in [6, 6.07) is 13.6. The number of rotatable bonds is 2. The average molecular weight is 314 g/mol. The zero-order chi connectivity index (χ0) is 15.5. The normalized spacial score (nSPS) is 21.6. The average Bonchev–Trinajstić information content (AvgIpc) is 2.55. The molecule has 1 N–H and O–H groups in total. The Bertz CT molecular complexity index is 714. The molecule has 1 fully saturated rings. The monoisotopic (exact) mass is 314 g/mol. The van der Waals surface area contributed by atoms with E-state index < -0.39 is 0 Å². The number of morpholine rings is 1. The number of nitrogens with zero attached hydrogens (tertiary/aromatic N) is 1. The number of ether oxygens (including phenoxy) is 1. The summed E-state index contributed by atoms with van der Waals surface area (Å²) < 4.78 is 6.47. The zero-order valence-electron chi connectivity index (χ0n) is 12.4. The number of benzene rings is 1. The third-order valence-corrected chi connectivity index (χ3v) is 4.11. The molecule has 0 bridgehead atoms. The maximum atomic E-state index is 12.7. The van der Waals surface area contributed by atoms with Gasteiger partial charge in [-0.3, -0.25) is 4.79 Å². The van der Waals surface area contributed by atoms with Gasteiger partial charge in [0.2, 0.25) is 0 Å². The maximum absolute atomic E-state index is 12.7. The van der Waals surface area contributed by atoms with Crippen molar-refractivity contribution in [1.29, 1.82) is 0 Å². The molecule has 2 atom stereocenters. The molecule has 1 aliphatic rings. The molecule has 22 heavy (non-hydrogen) atoms. The van der Waals surface area contributed by atoms with Crippen LogP contribution >= 0.6 is 12.2 Å². The topological polar surface area (TPSA) is 45.3 Å². The molecule has 2 aromatic rings. The molecule has 1 aliphatic heterocycles. The van der Waals surface area contributed by atoms with Crippen LogP contribution in [0.25, 0.3) is 0 Å². The van der Waals surface area contributed by atoms with E-state index in [1.807, 2.05) is 42.2 Å². The number of amides is 1. The van der Waals surface area contributed by atoms with Gasteiger partial charge < -0.3 is 14.6 Å². The first-order valence-electron chi connectivity index (χ1n) is 7.32. The molecule has 4 nitrogen and oxygen atoms in total. The van der Waals surface area contributed by atoms with Crippen LogP contribution in [0.2, 0.25) is 0 Å². The Morgan fingerprint density at radius 1 is 1.23 bits per heavy atom. The van der Waals surface area contributed by atoms with E-state index in [-0.39, 0.29) is 18.1 Å². The van der Waals surface area contributed by atoms with Crippen LogP contribution in [0.4, 0.5) is 0 Å². The molecule has 1 amide bonds. The van der Waals surface area contributed by atoms with Gasteiger partial charge in [0.1, 0.15) is 10.7 Å². The SMILES string of the molecule is C[C@H]1CN(C(=O)c2ccc[nH]c2=S)C[C@@H](c2ccccc2)O1. The Morgan fingerprint density at radius 2 is 2.00 bits per heavy atom. The summed E-state index contributed by atoms with van der Waals surface area (Å²) in [6.07, 6.45) is 1.62. The van der Waals surface area contributed by atoms with Gasteiger partial charge in [-0.15, -0.1) is 0 Å². The highest BCUT2D eigenvalue weighted by molar-refractivity contribution is 7.71. The first-order chi connectivity index (χ1) is 10.6. The third-order valence-electron chi connectivity index (χ3n) is 3.77. The second-order valence-corrected chi connectivity index (χ2v) is 5.88. The molecule has 0 saturated carbocycles. The van der Waals surface area contributed by atoms with Crippen molar-refractivity contribution < 1.29 is 9.53 Å². The molecule has 5 heteroatoms. The van der Waals surface area contributed by atoms with Crippen LogP contribution in [0.5, 0.6) is 0 Å². The van der Waals surface area contributed by atoms with Gasteiger partial charge in [0.05, 0.1) is 18.2 Å². The van der Waals surface area contributed by atoms with Crippen LogP contribution in [0.15, 0.2) is 48.7 Å². The molecule has 0 radical (unpaired) electrons. The van der Waals surface area contributed by atoms with Crippen molar-refractivity contribution in [3.8, 4) is 0 Å². The standard InChI is InChI=1S/C17H18N2O2S/c1-12-10-19(17(20)14-8-5-9-18-16(14)22)11-15(21-12)13-6-3-2-4-7-13/h2-9,12,15H,10-11H2,1H3,(H,18,22)/t12-,15-/m0/s1. The largest absolute Gasteiger partial charge is 0.367 e. The van der Waals surface area contributed by atoms with Gasteiger partial charge in [0.25, 0.3) is 5.91 Å². The highest BCUT2D eigenvalue weighted by atomic mass is 32.1. The number of aromatic nitrogens is 1. The van der Waals surface area contributed by atoms with Crippen LogP contribution < -0.4 is 0 Å². The Labute approximate surface area is 134 Å². The van der Waals surface area contributed by atoms with Gasteiger partial charge in [-0.2, -0.15) is 0 Å². The number of hydrogen-bond acceptors (Lipinski definition) is 3. The summed E-state index contributed by atoms with van der Waals surface area (Å²) in [6.45, 7) is 3.10. The van der Waals surface area contributed by atoms with E-state index in [9.17, 15) is 4.79 Å². The minimum Gasteiger partial charge on any atom is -0.367 e. The summed E-state index contributed by atoms with van der Waals surface area (Å²) in [4.78, 5) is 17.5. The summed E-state index contributed by atoms with van der Waals surface area (Å²) in [5.41, 5.74) is 1.63. The van der Waals surface area contributed by atoms with Crippen molar-refractivity contribution >= 4 is 18.1 Å². The second kappa shape index (κ2) is 6.42. The lowest BCUT2D eigenvalue weighted by Gasteiger charge is -2.37. The predicted molar refractivity (Wildman–Crippen MR) is 87.3 cm³/mol. The summed E-state index contributed by atoms with van der Waals surface area (Å²) in [7, 11) is 0. The lowest BCUT2D eigenvalue weighted by Crippen LogP contribution is -2.46. The number of pyridine rings is 1. The van der Waals surface area contributed by atoms with Crippen molar-refractivity contribution in [2.45, 2.75) is 19.1 Å². The van der Waals surface area contributed by atoms with E-state index >= 15 is 0 Å². The number of H-pyrrole nitrogens is 1. The summed E-state index contributed by atoms with van der Waals surface area (Å²) in [5, 5.41) is 0. The van der Waals surface area contributed by atoms with Gasteiger partial charge in [-0.25, -0.2) is 0 Å². The van der Waals surface area contributed by atoms with Crippen LogP contribution in [0.3, 0.4) is 0 Å². The van der Waals surface area contributed by atoms with Crippen LogP contribution in [0.1, 0.15) is 28.9 Å². The molecule has 1 saturated heterocycles. The van der Waals surface area contributed by atoms with Crippen molar-refractivity contribution in [3.63, 3.8) is 0 Å². The summed E-state index contributed by atoms with van der Waals surface area (Å²) >= 11 is 5.22. The number of hydrogen-bond donors (Lipinski definition) is 1. The Balaban J connectivity index is 1.84. The molecule has 0 spiro atoms. The number of aromatic amines is 1. The first-order valence-corrected chi connectivity index (χ1v) is 7.73. The highest BCUT2D eigenvalue weighted by Gasteiger charge is 2.30. The van der Waals surface area contributed by atoms with Crippen molar-refractivity contribution in [3.05, 3.63) is 64.4 Å². The zero-order valence-corrected chi connectivity index (χ0v) is 13.2. The van der Waals surface area contributed by atoms with Crippen LogP contribution in [-0.2, 0) is 4.74 Å². The fourth-order valence-electron chi connectivity index (χ4n) is 2.73. The third kappa shape index (κ3) is 3.10. The highest BCUT2D eigenvalue weighted by Crippen LogP contribution is 2.26. The first kappa shape index (κ1) is 14.9. The van der Waals surface area contributed by atoms with E-state index in [1.54, 1.807) is 18.3 Å². The Hall–Kier alpha value is -1.98.